The molecule has 0 aliphatic heterocycles. The van der Waals surface area contributed by atoms with Gasteiger partial charge in [-0.25, -0.2) is 9.18 Å². The van der Waals surface area contributed by atoms with Crippen LogP contribution in [0.15, 0.2) is 97.2 Å². The molecule has 1 N–H and O–H groups in total. The summed E-state index contributed by atoms with van der Waals surface area (Å²) in [7, 11) is 0. The normalized spacial score (nSPS) is 11.0. The number of hydrogen-bond acceptors (Lipinski definition) is 4. The summed E-state index contributed by atoms with van der Waals surface area (Å²) in [6, 6.07) is 27.1. The Balaban J connectivity index is 1.69. The molecular weight excluding hydrogens is 481 g/mol. The molecule has 0 saturated heterocycles. The molecule has 0 unspecified atom stereocenters. The first-order valence-corrected chi connectivity index (χ1v) is 12.1. The maximum absolute atomic E-state index is 13.4. The summed E-state index contributed by atoms with van der Waals surface area (Å²) in [6.45, 7) is 1.60. The summed E-state index contributed by atoms with van der Waals surface area (Å²) < 4.78 is 19.9. The van der Waals surface area contributed by atoms with Crippen LogP contribution in [0.1, 0.15) is 54.6 Å². The molecule has 0 atom stereocenters. The summed E-state index contributed by atoms with van der Waals surface area (Å²) in [5, 5.41) is 10.5. The topological polar surface area (TPSA) is 76.5 Å². The van der Waals surface area contributed by atoms with E-state index in [-0.39, 0.29) is 28.2 Å². The van der Waals surface area contributed by atoms with Crippen LogP contribution in [-0.2, 0) is 6.42 Å². The van der Waals surface area contributed by atoms with Gasteiger partial charge in [-0.1, -0.05) is 72.8 Å². The van der Waals surface area contributed by atoms with Gasteiger partial charge in [0.05, 0.1) is 11.1 Å². The van der Waals surface area contributed by atoms with Crippen molar-refractivity contribution in [2.24, 2.45) is 0 Å². The number of aromatic nitrogens is 1. The number of benzene rings is 4. The van der Waals surface area contributed by atoms with E-state index in [1.54, 1.807) is 31.3 Å². The number of aldehydes is 1. The third kappa shape index (κ3) is 4.89. The van der Waals surface area contributed by atoms with Crippen LogP contribution in [0.5, 0.6) is 5.75 Å². The molecule has 0 saturated carbocycles. The zero-order valence-corrected chi connectivity index (χ0v) is 20.6. The molecule has 1 heterocycles. The lowest BCUT2D eigenvalue weighted by molar-refractivity contribution is 0.0698. The number of pyridine rings is 1. The second-order valence-electron chi connectivity index (χ2n) is 9.03. The van der Waals surface area contributed by atoms with Gasteiger partial charge in [0.15, 0.2) is 12.0 Å². The molecule has 0 radical (unpaired) electrons. The summed E-state index contributed by atoms with van der Waals surface area (Å²) in [5.41, 5.74) is 4.08. The van der Waals surface area contributed by atoms with Crippen molar-refractivity contribution in [1.82, 2.24) is 4.98 Å². The molecule has 4 aromatic carbocycles. The zero-order chi connectivity index (χ0) is 26.6. The lowest BCUT2D eigenvalue weighted by atomic mass is 9.94. The number of carboxylic acid groups (broad SMARTS) is 1. The molecule has 1 aromatic heterocycles. The maximum Gasteiger partial charge on any atom is 0.336 e. The van der Waals surface area contributed by atoms with Gasteiger partial charge < -0.3 is 9.84 Å². The number of halogens is 1. The van der Waals surface area contributed by atoms with E-state index < -0.39 is 12.1 Å². The fraction of sp³-hybridized carbons (Fsp3) is 0.0938. The summed E-state index contributed by atoms with van der Waals surface area (Å²) >= 11 is 0. The van der Waals surface area contributed by atoms with Crippen LogP contribution < -0.4 is 4.74 Å². The lowest BCUT2D eigenvalue weighted by Gasteiger charge is -2.23. The molecule has 6 heteroatoms. The number of carbonyl (C=O) groups excluding carboxylic acids is 1. The fourth-order valence-corrected chi connectivity index (χ4v) is 4.69. The largest absolute Gasteiger partial charge is 0.478 e. The average Bonchev–Trinajstić information content (AvgIpc) is 2.93. The Labute approximate surface area is 219 Å². The second kappa shape index (κ2) is 10.6. The third-order valence-corrected chi connectivity index (χ3v) is 6.55. The first-order valence-electron chi connectivity index (χ1n) is 12.1. The molecule has 5 aromatic rings. The van der Waals surface area contributed by atoms with Crippen molar-refractivity contribution in [3.05, 3.63) is 142 Å². The first-order chi connectivity index (χ1) is 18.5. The smallest absolute Gasteiger partial charge is 0.336 e. The number of ether oxygens (including phenoxy) is 1. The van der Waals surface area contributed by atoms with Crippen LogP contribution in [0.4, 0.5) is 4.39 Å². The van der Waals surface area contributed by atoms with E-state index >= 15 is 0 Å². The zero-order valence-electron chi connectivity index (χ0n) is 20.6. The molecule has 0 amide bonds. The fourth-order valence-electron chi connectivity index (χ4n) is 4.69. The quantitative estimate of drug-likeness (QED) is 0.231. The van der Waals surface area contributed by atoms with Crippen molar-refractivity contribution in [2.45, 2.75) is 19.4 Å². The molecule has 5 nitrogen and oxygen atoms in total. The standard InChI is InChI=1S/C32H24FNO4/c1-20-27(19-35)31(38-30(23-8-4-2-5-9-23)24-10-6-3-7-11-24)29-26(28(20)32(36)37)17-22(18-34-29)16-21-12-14-25(33)15-13-21/h2-15,17-19,30H,16H2,1H3,(H,36,37). The minimum Gasteiger partial charge on any atom is -0.478 e. The third-order valence-electron chi connectivity index (χ3n) is 6.55. The van der Waals surface area contributed by atoms with Gasteiger partial charge in [-0.05, 0) is 59.4 Å². The number of carbonyl (C=O) groups is 2. The number of carboxylic acids is 1. The highest BCUT2D eigenvalue weighted by Gasteiger charge is 2.26. The van der Waals surface area contributed by atoms with Crippen molar-refractivity contribution >= 4 is 23.2 Å². The number of rotatable bonds is 8. The Kier molecular flexibility index (Phi) is 6.96. The minimum absolute atomic E-state index is 0.00104. The van der Waals surface area contributed by atoms with Gasteiger partial charge in [-0.15, -0.1) is 0 Å². The first kappa shape index (κ1) is 24.8. The van der Waals surface area contributed by atoms with E-state index in [9.17, 15) is 19.1 Å². The summed E-state index contributed by atoms with van der Waals surface area (Å²) in [4.78, 5) is 29.3. The lowest BCUT2D eigenvalue weighted by Crippen LogP contribution is -2.14. The van der Waals surface area contributed by atoms with E-state index in [0.717, 1.165) is 22.3 Å². The Hall–Kier alpha value is -4.84. The van der Waals surface area contributed by atoms with Crippen molar-refractivity contribution in [2.75, 3.05) is 0 Å². The van der Waals surface area contributed by atoms with Crippen molar-refractivity contribution in [3.8, 4) is 5.75 Å². The van der Waals surface area contributed by atoms with Crippen LogP contribution in [0, 0.1) is 12.7 Å². The van der Waals surface area contributed by atoms with E-state index in [2.05, 4.69) is 4.98 Å². The predicted octanol–water partition coefficient (Wildman–Crippen LogP) is 6.95. The second-order valence-corrected chi connectivity index (χ2v) is 9.03. The van der Waals surface area contributed by atoms with Gasteiger partial charge in [-0.2, -0.15) is 0 Å². The molecule has 0 bridgehead atoms. The van der Waals surface area contributed by atoms with Crippen LogP contribution >= 0.6 is 0 Å². The van der Waals surface area contributed by atoms with Crippen LogP contribution in [0.2, 0.25) is 0 Å². The van der Waals surface area contributed by atoms with Crippen LogP contribution in [-0.4, -0.2) is 22.3 Å². The van der Waals surface area contributed by atoms with Gasteiger partial charge in [-0.3, -0.25) is 9.78 Å². The number of hydrogen-bond donors (Lipinski definition) is 1. The van der Waals surface area contributed by atoms with Crippen molar-refractivity contribution in [3.63, 3.8) is 0 Å². The maximum atomic E-state index is 13.4. The molecule has 0 aliphatic rings. The molecule has 188 valence electrons. The minimum atomic E-state index is -1.16. The molecule has 0 spiro atoms. The Morgan fingerprint density at radius 2 is 1.55 bits per heavy atom. The Bertz CT molecular complexity index is 1580. The highest BCUT2D eigenvalue weighted by molar-refractivity contribution is 6.09. The van der Waals surface area contributed by atoms with Gasteiger partial charge in [0.2, 0.25) is 0 Å². The SMILES string of the molecule is Cc1c(C=O)c(OC(c2ccccc2)c2ccccc2)c2ncc(Cc3ccc(F)cc3)cc2c1C(=O)O. The van der Waals surface area contributed by atoms with Gasteiger partial charge in [0.25, 0.3) is 0 Å². The van der Waals surface area contributed by atoms with E-state index in [1.807, 2.05) is 60.7 Å². The summed E-state index contributed by atoms with van der Waals surface area (Å²) in [6.07, 6.45) is 2.13. The van der Waals surface area contributed by atoms with E-state index in [0.29, 0.717) is 23.7 Å². The van der Waals surface area contributed by atoms with E-state index in [1.165, 1.54) is 12.1 Å². The number of fused-ring (bicyclic) bond motifs is 1. The highest BCUT2D eigenvalue weighted by atomic mass is 19.1. The van der Waals surface area contributed by atoms with Gasteiger partial charge in [0, 0.05) is 11.6 Å². The average molecular weight is 506 g/mol. The molecule has 0 aliphatic carbocycles. The molecule has 0 fully saturated rings. The van der Waals surface area contributed by atoms with Crippen LogP contribution in [0.25, 0.3) is 10.9 Å². The monoisotopic (exact) mass is 505 g/mol. The molecule has 5 rings (SSSR count). The van der Waals surface area contributed by atoms with Crippen LogP contribution in [0.3, 0.4) is 0 Å². The Morgan fingerprint density at radius 1 is 0.947 bits per heavy atom. The van der Waals surface area contributed by atoms with Gasteiger partial charge in [0.1, 0.15) is 17.4 Å². The number of aromatic carboxylic acids is 1. The summed E-state index contributed by atoms with van der Waals surface area (Å²) in [5.74, 6) is -1.27. The van der Waals surface area contributed by atoms with Crippen molar-refractivity contribution in [1.29, 1.82) is 0 Å². The predicted molar refractivity (Wildman–Crippen MR) is 143 cm³/mol. The Morgan fingerprint density at radius 3 is 2.11 bits per heavy atom. The molecule has 38 heavy (non-hydrogen) atoms. The van der Waals surface area contributed by atoms with Crippen molar-refractivity contribution < 1.29 is 23.8 Å². The highest BCUT2D eigenvalue weighted by Crippen LogP contribution is 2.39. The molecular formula is C32H24FNO4. The van der Waals surface area contributed by atoms with E-state index in [4.69, 9.17) is 4.74 Å². The van der Waals surface area contributed by atoms with Gasteiger partial charge >= 0.3 is 5.97 Å². The number of nitrogens with zero attached hydrogens (tertiary/aromatic N) is 1.